The van der Waals surface area contributed by atoms with Crippen LogP contribution in [0.15, 0.2) is 6.20 Å². The molecule has 0 aliphatic rings. The van der Waals surface area contributed by atoms with E-state index in [1.807, 2.05) is 18.7 Å². The summed E-state index contributed by atoms with van der Waals surface area (Å²) in [7, 11) is 1.72. The lowest BCUT2D eigenvalue weighted by Gasteiger charge is -2.15. The lowest BCUT2D eigenvalue weighted by molar-refractivity contribution is 0.190. The van der Waals surface area contributed by atoms with Gasteiger partial charge in [-0.15, -0.1) is 0 Å². The molecule has 4 nitrogen and oxygen atoms in total. The van der Waals surface area contributed by atoms with Crippen LogP contribution in [0.25, 0.3) is 0 Å². The standard InChI is InChI=1S/C13H25N3OS/c1-11-9-16(7-5-6-8-18-4)13(14-11)15-12(2)10-17-3/h9,12H,5-8,10H2,1-4H3,(H,14,15). The van der Waals surface area contributed by atoms with Crippen LogP contribution in [-0.4, -0.2) is 41.3 Å². The zero-order valence-corrected chi connectivity index (χ0v) is 12.7. The molecular weight excluding hydrogens is 246 g/mol. The minimum Gasteiger partial charge on any atom is -0.383 e. The summed E-state index contributed by atoms with van der Waals surface area (Å²) in [5.41, 5.74) is 1.06. The third-order valence-electron chi connectivity index (χ3n) is 2.69. The van der Waals surface area contributed by atoms with Crippen LogP contribution in [0.5, 0.6) is 0 Å². The van der Waals surface area contributed by atoms with Crippen molar-refractivity contribution in [1.29, 1.82) is 0 Å². The Balaban J connectivity index is 2.50. The van der Waals surface area contributed by atoms with Gasteiger partial charge in [-0.05, 0) is 38.7 Å². The Bertz CT molecular complexity index is 341. The summed E-state index contributed by atoms with van der Waals surface area (Å²) in [6, 6.07) is 0.279. The summed E-state index contributed by atoms with van der Waals surface area (Å²) in [4.78, 5) is 4.52. The van der Waals surface area contributed by atoms with Gasteiger partial charge in [-0.25, -0.2) is 4.98 Å². The summed E-state index contributed by atoms with van der Waals surface area (Å²) in [6.07, 6.45) is 6.72. The highest BCUT2D eigenvalue weighted by atomic mass is 32.2. The van der Waals surface area contributed by atoms with Crippen molar-refractivity contribution in [2.75, 3.05) is 31.0 Å². The zero-order chi connectivity index (χ0) is 13.4. The van der Waals surface area contributed by atoms with Crippen molar-refractivity contribution < 1.29 is 4.74 Å². The normalized spacial score (nSPS) is 12.7. The van der Waals surface area contributed by atoms with Gasteiger partial charge in [-0.3, -0.25) is 0 Å². The van der Waals surface area contributed by atoms with E-state index in [2.05, 4.69) is 34.2 Å². The molecule has 1 unspecified atom stereocenters. The van der Waals surface area contributed by atoms with E-state index in [0.717, 1.165) is 18.2 Å². The van der Waals surface area contributed by atoms with Gasteiger partial charge in [0, 0.05) is 25.9 Å². The van der Waals surface area contributed by atoms with E-state index >= 15 is 0 Å². The van der Waals surface area contributed by atoms with Crippen molar-refractivity contribution >= 4 is 17.7 Å². The topological polar surface area (TPSA) is 39.1 Å². The molecule has 18 heavy (non-hydrogen) atoms. The second kappa shape index (κ2) is 8.43. The fourth-order valence-corrected chi connectivity index (χ4v) is 2.37. The Morgan fingerprint density at radius 1 is 1.50 bits per heavy atom. The molecule has 1 rings (SSSR count). The molecule has 1 atom stereocenters. The first-order valence-electron chi connectivity index (χ1n) is 6.45. The van der Waals surface area contributed by atoms with E-state index in [4.69, 9.17) is 4.74 Å². The van der Waals surface area contributed by atoms with Gasteiger partial charge in [0.25, 0.3) is 0 Å². The molecule has 0 radical (unpaired) electrons. The van der Waals surface area contributed by atoms with Gasteiger partial charge in [-0.2, -0.15) is 11.8 Å². The van der Waals surface area contributed by atoms with Gasteiger partial charge >= 0.3 is 0 Å². The molecular formula is C13H25N3OS. The Hall–Kier alpha value is -0.680. The number of hydrogen-bond acceptors (Lipinski definition) is 4. The van der Waals surface area contributed by atoms with Gasteiger partial charge in [0.1, 0.15) is 0 Å². The first-order valence-corrected chi connectivity index (χ1v) is 7.85. The highest BCUT2D eigenvalue weighted by Gasteiger charge is 2.08. The van der Waals surface area contributed by atoms with Crippen LogP contribution >= 0.6 is 11.8 Å². The third-order valence-corrected chi connectivity index (χ3v) is 3.38. The number of aryl methyl sites for hydroxylation is 2. The predicted octanol–water partition coefficient (Wildman–Crippen LogP) is 2.78. The first-order chi connectivity index (χ1) is 8.67. The molecule has 104 valence electrons. The summed E-state index contributed by atoms with van der Waals surface area (Å²) >= 11 is 1.91. The van der Waals surface area contributed by atoms with Crippen molar-refractivity contribution in [3.8, 4) is 0 Å². The van der Waals surface area contributed by atoms with Crippen LogP contribution in [0.3, 0.4) is 0 Å². The van der Waals surface area contributed by atoms with Gasteiger partial charge in [0.15, 0.2) is 0 Å². The molecule has 5 heteroatoms. The van der Waals surface area contributed by atoms with Gasteiger partial charge in [0.2, 0.25) is 5.95 Å². The van der Waals surface area contributed by atoms with E-state index < -0.39 is 0 Å². The van der Waals surface area contributed by atoms with Gasteiger partial charge in [-0.1, -0.05) is 0 Å². The average Bonchev–Trinajstić information content (AvgIpc) is 2.65. The zero-order valence-electron chi connectivity index (χ0n) is 11.9. The Morgan fingerprint density at radius 3 is 2.94 bits per heavy atom. The Morgan fingerprint density at radius 2 is 2.28 bits per heavy atom. The molecule has 1 N–H and O–H groups in total. The summed E-state index contributed by atoms with van der Waals surface area (Å²) in [6.45, 7) is 5.86. The highest BCUT2D eigenvalue weighted by Crippen LogP contribution is 2.12. The number of hydrogen-bond donors (Lipinski definition) is 1. The van der Waals surface area contributed by atoms with Gasteiger partial charge < -0.3 is 14.6 Å². The fourth-order valence-electron chi connectivity index (χ4n) is 1.87. The quantitative estimate of drug-likeness (QED) is 0.701. The summed E-state index contributed by atoms with van der Waals surface area (Å²) in [5, 5.41) is 3.39. The molecule has 0 fully saturated rings. The van der Waals surface area contributed by atoms with Crippen molar-refractivity contribution in [2.45, 2.75) is 39.3 Å². The number of methoxy groups -OCH3 is 1. The number of rotatable bonds is 9. The second-order valence-electron chi connectivity index (χ2n) is 4.60. The van der Waals surface area contributed by atoms with Gasteiger partial charge in [0.05, 0.1) is 12.3 Å². The Kier molecular flexibility index (Phi) is 7.20. The molecule has 1 aromatic rings. The monoisotopic (exact) mass is 271 g/mol. The molecule has 1 heterocycles. The number of nitrogens with zero attached hydrogens (tertiary/aromatic N) is 2. The van der Waals surface area contributed by atoms with Crippen LogP contribution in [0.2, 0.25) is 0 Å². The van der Waals surface area contributed by atoms with Crippen molar-refractivity contribution in [2.24, 2.45) is 0 Å². The number of unbranched alkanes of at least 4 members (excludes halogenated alkanes) is 1. The van der Waals surface area contributed by atoms with E-state index in [1.54, 1.807) is 7.11 Å². The molecule has 0 aliphatic heterocycles. The molecule has 0 aliphatic carbocycles. The number of nitrogens with one attached hydrogen (secondary N) is 1. The van der Waals surface area contributed by atoms with Crippen molar-refractivity contribution in [1.82, 2.24) is 9.55 Å². The van der Waals surface area contributed by atoms with Crippen LogP contribution < -0.4 is 5.32 Å². The number of thioether (sulfide) groups is 1. The fraction of sp³-hybridized carbons (Fsp3) is 0.769. The Labute approximate surface area is 115 Å². The second-order valence-corrected chi connectivity index (χ2v) is 5.59. The van der Waals surface area contributed by atoms with Crippen LogP contribution in [0.1, 0.15) is 25.5 Å². The SMILES string of the molecule is COCC(C)Nc1nc(C)cn1CCCCSC. The van der Waals surface area contributed by atoms with Crippen molar-refractivity contribution in [3.63, 3.8) is 0 Å². The molecule has 0 aromatic carbocycles. The molecule has 1 aromatic heterocycles. The minimum atomic E-state index is 0.279. The summed E-state index contributed by atoms with van der Waals surface area (Å²) < 4.78 is 7.34. The molecule has 0 saturated carbocycles. The molecule has 0 bridgehead atoms. The van der Waals surface area contributed by atoms with E-state index in [9.17, 15) is 0 Å². The number of imidazole rings is 1. The van der Waals surface area contributed by atoms with E-state index in [0.29, 0.717) is 6.61 Å². The lowest BCUT2D eigenvalue weighted by atomic mass is 10.3. The van der Waals surface area contributed by atoms with Crippen LogP contribution in [0, 0.1) is 6.92 Å². The van der Waals surface area contributed by atoms with E-state index in [-0.39, 0.29) is 6.04 Å². The maximum absolute atomic E-state index is 5.13. The maximum atomic E-state index is 5.13. The average molecular weight is 271 g/mol. The van der Waals surface area contributed by atoms with Crippen molar-refractivity contribution in [3.05, 3.63) is 11.9 Å². The summed E-state index contributed by atoms with van der Waals surface area (Å²) in [5.74, 6) is 2.19. The minimum absolute atomic E-state index is 0.279. The molecule has 0 saturated heterocycles. The largest absolute Gasteiger partial charge is 0.383 e. The maximum Gasteiger partial charge on any atom is 0.203 e. The predicted molar refractivity (Wildman–Crippen MR) is 79.5 cm³/mol. The molecule has 0 amide bonds. The smallest absolute Gasteiger partial charge is 0.203 e. The first kappa shape index (κ1) is 15.4. The number of anilines is 1. The molecule has 0 spiro atoms. The van der Waals surface area contributed by atoms with Crippen LogP contribution in [-0.2, 0) is 11.3 Å². The van der Waals surface area contributed by atoms with Crippen LogP contribution in [0.4, 0.5) is 5.95 Å². The van der Waals surface area contributed by atoms with E-state index in [1.165, 1.54) is 18.6 Å². The highest BCUT2D eigenvalue weighted by molar-refractivity contribution is 7.98. The lowest BCUT2D eigenvalue weighted by Crippen LogP contribution is -2.23. The third kappa shape index (κ3) is 5.31. The number of aromatic nitrogens is 2. The number of ether oxygens (including phenoxy) is 1.